The van der Waals surface area contributed by atoms with Crippen molar-refractivity contribution in [2.75, 3.05) is 14.2 Å². The van der Waals surface area contributed by atoms with Crippen LogP contribution in [0.4, 0.5) is 0 Å². The summed E-state index contributed by atoms with van der Waals surface area (Å²) in [5.74, 6) is 0.442. The molecule has 0 aliphatic heterocycles. The third-order valence-electron chi connectivity index (χ3n) is 0.849. The van der Waals surface area contributed by atoms with Crippen LogP contribution in [0.25, 0.3) is 0 Å². The van der Waals surface area contributed by atoms with Gasteiger partial charge in [-0.3, -0.25) is 0 Å². The summed E-state index contributed by atoms with van der Waals surface area (Å²) in [4.78, 5) is 5.87. The number of ether oxygens (including phenoxy) is 1. The Morgan fingerprint density at radius 2 is 2.33 bits per heavy atom. The van der Waals surface area contributed by atoms with Gasteiger partial charge in [-0.05, 0) is 5.21 Å². The molecule has 0 aliphatic carbocycles. The van der Waals surface area contributed by atoms with Crippen molar-refractivity contribution in [2.45, 2.75) is 0 Å². The van der Waals surface area contributed by atoms with Gasteiger partial charge in [0.25, 0.3) is 5.88 Å². The summed E-state index contributed by atoms with van der Waals surface area (Å²) < 4.78 is 4.72. The molecule has 0 aromatic carbocycles. The van der Waals surface area contributed by atoms with E-state index in [1.165, 1.54) is 25.3 Å². The Morgan fingerprint density at radius 3 is 2.67 bits per heavy atom. The van der Waals surface area contributed by atoms with Gasteiger partial charge in [-0.25, -0.2) is 0 Å². The minimum atomic E-state index is 0.442. The maximum Gasteiger partial charge on any atom is 0.257 e. The van der Waals surface area contributed by atoms with Gasteiger partial charge in [0.1, 0.15) is 13.3 Å². The van der Waals surface area contributed by atoms with Gasteiger partial charge in [-0.1, -0.05) is 9.94 Å². The van der Waals surface area contributed by atoms with Gasteiger partial charge in [0.15, 0.2) is 0 Å². The zero-order valence-corrected chi connectivity index (χ0v) is 5.24. The van der Waals surface area contributed by atoms with Crippen molar-refractivity contribution < 1.29 is 9.57 Å². The van der Waals surface area contributed by atoms with Crippen LogP contribution >= 0.6 is 0 Å². The van der Waals surface area contributed by atoms with E-state index in [2.05, 4.69) is 15.1 Å². The Kier molecular flexibility index (Phi) is 1.53. The maximum atomic E-state index is 4.72. The molecule has 5 heteroatoms. The molecule has 0 saturated heterocycles. The van der Waals surface area contributed by atoms with Crippen molar-refractivity contribution >= 4 is 0 Å². The number of aromatic nitrogens is 3. The summed E-state index contributed by atoms with van der Waals surface area (Å²) in [5.41, 5.74) is 0. The second-order valence-electron chi connectivity index (χ2n) is 1.35. The highest BCUT2D eigenvalue weighted by Gasteiger charge is 1.95. The first-order valence-electron chi connectivity index (χ1n) is 2.37. The van der Waals surface area contributed by atoms with E-state index in [1.54, 1.807) is 0 Å². The van der Waals surface area contributed by atoms with Crippen LogP contribution in [0, 0.1) is 0 Å². The molecule has 0 N–H and O–H groups in total. The maximum absolute atomic E-state index is 4.72. The predicted octanol–water partition coefficient (Wildman–Crippen LogP) is -0.655. The molecule has 1 aromatic rings. The standard InChI is InChI=1S/C4H7N3O2/c1-8-4-3-7(9-2)6-5-4/h3H,1-2H3. The first-order chi connectivity index (χ1) is 4.36. The zero-order chi connectivity index (χ0) is 6.69. The van der Waals surface area contributed by atoms with Crippen molar-refractivity contribution in [3.63, 3.8) is 0 Å². The van der Waals surface area contributed by atoms with Crippen molar-refractivity contribution in [3.8, 4) is 5.88 Å². The highest BCUT2D eigenvalue weighted by atomic mass is 16.7. The van der Waals surface area contributed by atoms with Crippen LogP contribution in [0.2, 0.25) is 0 Å². The average molecular weight is 129 g/mol. The van der Waals surface area contributed by atoms with E-state index >= 15 is 0 Å². The van der Waals surface area contributed by atoms with E-state index in [-0.39, 0.29) is 0 Å². The van der Waals surface area contributed by atoms with Crippen LogP contribution in [0.5, 0.6) is 5.88 Å². The van der Waals surface area contributed by atoms with Gasteiger partial charge in [0.2, 0.25) is 0 Å². The first kappa shape index (κ1) is 5.87. The minimum absolute atomic E-state index is 0.442. The van der Waals surface area contributed by atoms with Crippen molar-refractivity contribution in [1.82, 2.24) is 15.2 Å². The van der Waals surface area contributed by atoms with Crippen LogP contribution in [0.1, 0.15) is 0 Å². The second kappa shape index (κ2) is 2.34. The predicted molar refractivity (Wildman–Crippen MR) is 29.1 cm³/mol. The lowest BCUT2D eigenvalue weighted by molar-refractivity contribution is 0.128. The molecule has 0 radical (unpaired) electrons. The smallest absolute Gasteiger partial charge is 0.257 e. The summed E-state index contributed by atoms with van der Waals surface area (Å²) >= 11 is 0. The fourth-order valence-electron chi connectivity index (χ4n) is 0.417. The lowest BCUT2D eigenvalue weighted by Gasteiger charge is -1.90. The van der Waals surface area contributed by atoms with Crippen molar-refractivity contribution in [3.05, 3.63) is 6.20 Å². The lowest BCUT2D eigenvalue weighted by atomic mass is 10.9. The summed E-state index contributed by atoms with van der Waals surface area (Å²) in [5, 5.41) is 7.10. The third-order valence-corrected chi connectivity index (χ3v) is 0.849. The van der Waals surface area contributed by atoms with E-state index < -0.39 is 0 Å². The van der Waals surface area contributed by atoms with Gasteiger partial charge in [0.05, 0.1) is 7.11 Å². The lowest BCUT2D eigenvalue weighted by Crippen LogP contribution is -2.05. The normalized spacial score (nSPS) is 9.11. The highest BCUT2D eigenvalue weighted by Crippen LogP contribution is 1.98. The molecule has 9 heavy (non-hydrogen) atoms. The summed E-state index contributed by atoms with van der Waals surface area (Å²) in [7, 11) is 3.01. The van der Waals surface area contributed by atoms with Gasteiger partial charge < -0.3 is 9.57 Å². The average Bonchev–Trinajstić information content (AvgIpc) is 2.34. The van der Waals surface area contributed by atoms with Gasteiger partial charge >= 0.3 is 0 Å². The van der Waals surface area contributed by atoms with E-state index in [9.17, 15) is 0 Å². The molecule has 0 atom stereocenters. The van der Waals surface area contributed by atoms with E-state index in [0.717, 1.165) is 0 Å². The Hall–Kier alpha value is -1.26. The van der Waals surface area contributed by atoms with Gasteiger partial charge in [-0.2, -0.15) is 0 Å². The van der Waals surface area contributed by atoms with Crippen LogP contribution in [0.15, 0.2) is 6.20 Å². The molecule has 0 unspecified atom stereocenters. The monoisotopic (exact) mass is 129 g/mol. The third kappa shape index (κ3) is 1.10. The van der Waals surface area contributed by atoms with Crippen molar-refractivity contribution in [2.24, 2.45) is 0 Å². The Morgan fingerprint density at radius 1 is 1.56 bits per heavy atom. The number of rotatable bonds is 2. The van der Waals surface area contributed by atoms with Crippen LogP contribution in [0.3, 0.4) is 0 Å². The highest BCUT2D eigenvalue weighted by molar-refractivity contribution is 4.97. The summed E-state index contributed by atoms with van der Waals surface area (Å²) in [6.07, 6.45) is 1.53. The van der Waals surface area contributed by atoms with Crippen LogP contribution in [-0.2, 0) is 0 Å². The van der Waals surface area contributed by atoms with Crippen molar-refractivity contribution in [1.29, 1.82) is 0 Å². The number of hydrogen-bond donors (Lipinski definition) is 0. The molecule has 0 fully saturated rings. The van der Waals surface area contributed by atoms with E-state index in [1.807, 2.05) is 0 Å². The first-order valence-corrected chi connectivity index (χ1v) is 2.37. The fraction of sp³-hybridized carbons (Fsp3) is 0.500. The molecule has 5 nitrogen and oxygen atoms in total. The Balaban J connectivity index is 2.74. The number of nitrogens with zero attached hydrogens (tertiary/aromatic N) is 3. The van der Waals surface area contributed by atoms with Gasteiger partial charge in [0, 0.05) is 0 Å². The molecule has 0 amide bonds. The Bertz CT molecular complexity index is 167. The molecular formula is C4H7N3O2. The quantitative estimate of drug-likeness (QED) is 0.532. The topological polar surface area (TPSA) is 49.2 Å². The van der Waals surface area contributed by atoms with Crippen LogP contribution in [-0.4, -0.2) is 29.4 Å². The molecule has 0 spiro atoms. The van der Waals surface area contributed by atoms with E-state index in [0.29, 0.717) is 5.88 Å². The molecular weight excluding hydrogens is 122 g/mol. The molecule has 0 saturated carbocycles. The molecule has 50 valence electrons. The number of methoxy groups -OCH3 is 1. The second-order valence-corrected chi connectivity index (χ2v) is 1.35. The molecule has 0 aliphatic rings. The minimum Gasteiger partial charge on any atom is -0.479 e. The number of hydrogen-bond acceptors (Lipinski definition) is 4. The van der Waals surface area contributed by atoms with E-state index in [4.69, 9.17) is 4.74 Å². The largest absolute Gasteiger partial charge is 0.479 e. The molecule has 1 heterocycles. The van der Waals surface area contributed by atoms with Gasteiger partial charge in [-0.15, -0.1) is 0 Å². The molecule has 0 bridgehead atoms. The summed E-state index contributed by atoms with van der Waals surface area (Å²) in [6, 6.07) is 0. The zero-order valence-electron chi connectivity index (χ0n) is 5.24. The van der Waals surface area contributed by atoms with Crippen LogP contribution < -0.4 is 9.57 Å². The summed E-state index contributed by atoms with van der Waals surface area (Å²) in [6.45, 7) is 0. The molecule has 1 aromatic heterocycles. The fourth-order valence-corrected chi connectivity index (χ4v) is 0.417. The molecule has 1 rings (SSSR count). The SMILES string of the molecule is COc1cn(OC)nn1. The Labute approximate surface area is 52.1 Å².